The smallest absolute Gasteiger partial charge is 0.415 e. The number of aliphatic hydroxyl groups excluding tert-OH is 1. The minimum Gasteiger partial charge on any atom is -0.483 e. The van der Waals surface area contributed by atoms with Gasteiger partial charge in [-0.3, -0.25) is 0 Å². The fourth-order valence-electron chi connectivity index (χ4n) is 3.25. The number of halogens is 4. The zero-order valence-corrected chi connectivity index (χ0v) is 17.4. The summed E-state index contributed by atoms with van der Waals surface area (Å²) in [4.78, 5) is 5.21. The number of benzene rings is 2. The van der Waals surface area contributed by atoms with E-state index in [1.807, 2.05) is 0 Å². The average Bonchev–Trinajstić information content (AvgIpc) is 3.11. The Kier molecular flexibility index (Phi) is 6.37. The molecule has 1 aliphatic rings. The highest BCUT2D eigenvalue weighted by Crippen LogP contribution is 2.38. The fraction of sp³-hybridized carbons (Fsp3) is 0.300. The van der Waals surface area contributed by atoms with Crippen LogP contribution in [0.2, 0.25) is 0 Å². The lowest BCUT2D eigenvalue weighted by Gasteiger charge is -2.27. The minimum atomic E-state index is -4.79. The van der Waals surface area contributed by atoms with E-state index < -0.39 is 75.3 Å². The van der Waals surface area contributed by atoms with Crippen LogP contribution in [-0.2, 0) is 16.2 Å². The predicted molar refractivity (Wildman–Crippen MR) is 106 cm³/mol. The Morgan fingerprint density at radius 2 is 1.88 bits per heavy atom. The van der Waals surface area contributed by atoms with Crippen LogP contribution in [0.3, 0.4) is 0 Å². The lowest BCUT2D eigenvalue weighted by molar-refractivity contribution is -0.137. The summed E-state index contributed by atoms with van der Waals surface area (Å²) in [5, 5.41) is 20.4. The zero-order chi connectivity index (χ0) is 24.6. The molecule has 0 aromatic heterocycles. The first-order valence-corrected chi connectivity index (χ1v) is 10.6. The summed E-state index contributed by atoms with van der Waals surface area (Å²) in [6.45, 7) is 11.7. The molecule has 1 aliphatic heterocycles. The Hall–Kier alpha value is -3.23. The van der Waals surface area contributed by atoms with E-state index in [0.29, 0.717) is 22.5 Å². The van der Waals surface area contributed by atoms with Gasteiger partial charge in [-0.05, 0) is 18.2 Å². The highest BCUT2D eigenvalue weighted by Gasteiger charge is 2.51. The number of hydrogen-bond donors (Lipinski definition) is 2. The molecule has 13 heteroatoms. The Labute approximate surface area is 185 Å². The van der Waals surface area contributed by atoms with Gasteiger partial charge in [0.05, 0.1) is 31.2 Å². The lowest BCUT2D eigenvalue weighted by Crippen LogP contribution is -2.48. The normalized spacial score (nSPS) is 21.4. The van der Waals surface area contributed by atoms with Crippen molar-refractivity contribution in [2.45, 2.75) is 22.8 Å². The maximum Gasteiger partial charge on any atom is 0.415 e. The molecule has 174 valence electrons. The van der Waals surface area contributed by atoms with Crippen molar-refractivity contribution in [3.63, 3.8) is 0 Å². The van der Waals surface area contributed by atoms with Crippen molar-refractivity contribution < 1.29 is 40.9 Å². The maximum absolute atomic E-state index is 14.2. The molecule has 0 unspecified atom stereocenters. The van der Waals surface area contributed by atoms with Gasteiger partial charge in [0.15, 0.2) is 17.3 Å². The number of aliphatic hydroxyl groups is 2. The second-order valence-corrected chi connectivity index (χ2v) is 9.09. The van der Waals surface area contributed by atoms with Gasteiger partial charge in [-0.25, -0.2) is 22.5 Å². The van der Waals surface area contributed by atoms with Crippen molar-refractivity contribution in [1.82, 2.24) is 4.31 Å². The first kappa shape index (κ1) is 24.4. The number of sulfonamides is 1. The van der Waals surface area contributed by atoms with Crippen LogP contribution < -0.4 is 4.74 Å². The number of nitrogens with zero attached hydrogens (tertiary/aromatic N) is 3. The highest BCUT2D eigenvalue weighted by atomic mass is 32.2. The average molecular weight is 485 g/mol. The summed E-state index contributed by atoms with van der Waals surface area (Å²) in [6, 6.07) is 4.75. The number of ether oxygens (including phenoxy) is 1. The molecule has 0 radical (unpaired) electrons. The topological polar surface area (TPSA) is 95.8 Å². The second-order valence-electron chi connectivity index (χ2n) is 7.18. The van der Waals surface area contributed by atoms with Crippen molar-refractivity contribution in [2.24, 2.45) is 0 Å². The van der Waals surface area contributed by atoms with Gasteiger partial charge in [0.1, 0.15) is 11.7 Å². The SMILES string of the molecule is [C-]#[N+]c1ccc(O[C@H]2CN(S(=O)(=O)c3ccc(C(F)(F)F)cc3[N+]#[C-])C[C@@]2(O)CO)c(F)c1. The van der Waals surface area contributed by atoms with Gasteiger partial charge in [-0.15, -0.1) is 0 Å². The minimum absolute atomic E-state index is 0.0260. The molecule has 1 saturated heterocycles. The Balaban J connectivity index is 1.95. The Morgan fingerprint density at radius 1 is 1.18 bits per heavy atom. The van der Waals surface area contributed by atoms with Crippen LogP contribution in [0.25, 0.3) is 9.69 Å². The first-order valence-electron chi connectivity index (χ1n) is 9.11. The van der Waals surface area contributed by atoms with Crippen molar-refractivity contribution in [3.8, 4) is 5.75 Å². The summed E-state index contributed by atoms with van der Waals surface area (Å²) in [5.41, 5.74) is -4.19. The molecule has 2 N–H and O–H groups in total. The molecule has 2 atom stereocenters. The summed E-state index contributed by atoms with van der Waals surface area (Å²) in [5.74, 6) is -1.36. The largest absolute Gasteiger partial charge is 0.483 e. The van der Waals surface area contributed by atoms with E-state index >= 15 is 0 Å². The maximum atomic E-state index is 14.2. The molecular weight excluding hydrogens is 470 g/mol. The number of hydrogen-bond acceptors (Lipinski definition) is 5. The van der Waals surface area contributed by atoms with Gasteiger partial charge < -0.3 is 14.9 Å². The molecule has 33 heavy (non-hydrogen) atoms. The molecule has 8 nitrogen and oxygen atoms in total. The fourth-order valence-corrected chi connectivity index (χ4v) is 4.87. The van der Waals surface area contributed by atoms with E-state index in [1.165, 1.54) is 6.07 Å². The molecule has 2 aromatic carbocycles. The van der Waals surface area contributed by atoms with E-state index in [-0.39, 0.29) is 5.69 Å². The van der Waals surface area contributed by atoms with Crippen LogP contribution >= 0.6 is 0 Å². The summed E-state index contributed by atoms with van der Waals surface area (Å²) in [7, 11) is -4.60. The predicted octanol–water partition coefficient (Wildman–Crippen LogP) is 3.12. The zero-order valence-electron chi connectivity index (χ0n) is 16.5. The summed E-state index contributed by atoms with van der Waals surface area (Å²) in [6.07, 6.45) is -6.25. The molecule has 2 aromatic rings. The highest BCUT2D eigenvalue weighted by molar-refractivity contribution is 7.89. The van der Waals surface area contributed by atoms with Gasteiger partial charge >= 0.3 is 6.18 Å². The molecule has 1 heterocycles. The third-order valence-electron chi connectivity index (χ3n) is 5.03. The van der Waals surface area contributed by atoms with E-state index in [1.54, 1.807) is 0 Å². The molecule has 0 amide bonds. The van der Waals surface area contributed by atoms with Gasteiger partial charge in [0.25, 0.3) is 0 Å². The van der Waals surface area contributed by atoms with Crippen LogP contribution in [0.4, 0.5) is 28.9 Å². The summed E-state index contributed by atoms with van der Waals surface area (Å²) < 4.78 is 85.2. The van der Waals surface area contributed by atoms with Crippen LogP contribution in [-0.4, -0.2) is 54.3 Å². The second kappa shape index (κ2) is 8.61. The van der Waals surface area contributed by atoms with Gasteiger partial charge in [-0.1, -0.05) is 18.2 Å². The molecule has 0 aliphatic carbocycles. The molecule has 0 spiro atoms. The van der Waals surface area contributed by atoms with Crippen molar-refractivity contribution in [1.29, 1.82) is 0 Å². The van der Waals surface area contributed by atoms with Crippen molar-refractivity contribution in [2.75, 3.05) is 19.7 Å². The van der Waals surface area contributed by atoms with Gasteiger partial charge in [0, 0.05) is 12.1 Å². The number of rotatable bonds is 5. The van der Waals surface area contributed by atoms with Crippen molar-refractivity contribution in [3.05, 3.63) is 70.6 Å². The van der Waals surface area contributed by atoms with Crippen LogP contribution in [0.15, 0.2) is 41.3 Å². The quantitative estimate of drug-likeness (QED) is 0.501. The Morgan fingerprint density at radius 3 is 2.42 bits per heavy atom. The van der Waals surface area contributed by atoms with E-state index in [2.05, 4.69) is 9.69 Å². The number of β-amino-alcohol motifs (C(OH)–C–C–N with tert-alkyl or cyclic N) is 1. The van der Waals surface area contributed by atoms with E-state index in [4.69, 9.17) is 17.9 Å². The van der Waals surface area contributed by atoms with Gasteiger partial charge in [-0.2, -0.15) is 17.5 Å². The summed E-state index contributed by atoms with van der Waals surface area (Å²) >= 11 is 0. The monoisotopic (exact) mass is 485 g/mol. The standard InChI is InChI=1S/C20H15F4N3O5S/c1-25-13-4-5-16(14(21)8-13)32-18-9-27(10-19(18,29)11-28)33(30,31)17-6-3-12(20(22,23)24)7-15(17)26-2/h3-8,18,28-29H,9-11H2/t18-,19+/m0/s1. The third-order valence-corrected chi connectivity index (χ3v) is 6.89. The first-order chi connectivity index (χ1) is 15.4. The Bertz CT molecular complexity index is 1270. The van der Waals surface area contributed by atoms with E-state index in [0.717, 1.165) is 12.1 Å². The van der Waals surface area contributed by atoms with Crippen molar-refractivity contribution >= 4 is 21.4 Å². The molecule has 0 saturated carbocycles. The molecule has 1 fully saturated rings. The third kappa shape index (κ3) is 4.62. The molecular formula is C20H15F4N3O5S. The van der Waals surface area contributed by atoms with E-state index in [9.17, 15) is 36.2 Å². The van der Waals surface area contributed by atoms with Crippen LogP contribution in [0.1, 0.15) is 5.56 Å². The molecule has 0 bridgehead atoms. The van der Waals surface area contributed by atoms with Crippen LogP contribution in [0.5, 0.6) is 5.75 Å². The molecule has 3 rings (SSSR count). The van der Waals surface area contributed by atoms with Crippen LogP contribution in [0, 0.1) is 19.0 Å². The lowest BCUT2D eigenvalue weighted by atomic mass is 10.0. The number of alkyl halides is 3. The van der Waals surface area contributed by atoms with Gasteiger partial charge in [0.2, 0.25) is 15.7 Å².